The van der Waals surface area contributed by atoms with E-state index in [0.29, 0.717) is 6.04 Å². The van der Waals surface area contributed by atoms with Crippen LogP contribution in [-0.2, 0) is 6.54 Å². The van der Waals surface area contributed by atoms with Crippen LogP contribution in [0.4, 0.5) is 0 Å². The van der Waals surface area contributed by atoms with Gasteiger partial charge in [0.2, 0.25) is 0 Å². The summed E-state index contributed by atoms with van der Waals surface area (Å²) in [6.45, 7) is 3.27. The van der Waals surface area contributed by atoms with Crippen molar-refractivity contribution >= 4 is 0 Å². The molecule has 2 nitrogen and oxygen atoms in total. The molecule has 0 unspecified atom stereocenters. The van der Waals surface area contributed by atoms with Gasteiger partial charge in [0.1, 0.15) is 0 Å². The van der Waals surface area contributed by atoms with Crippen LogP contribution in [0, 0.1) is 0 Å². The Bertz CT molecular complexity index is 252. The maximum Gasteiger partial charge on any atom is 0.0206 e. The van der Waals surface area contributed by atoms with E-state index in [4.69, 9.17) is 0 Å². The summed E-state index contributed by atoms with van der Waals surface area (Å²) >= 11 is 0. The van der Waals surface area contributed by atoms with Crippen molar-refractivity contribution in [1.29, 1.82) is 0 Å². The summed E-state index contributed by atoms with van der Waals surface area (Å²) in [7, 11) is 0. The fourth-order valence-corrected chi connectivity index (χ4v) is 1.92. The van der Waals surface area contributed by atoms with Crippen molar-refractivity contribution in [1.82, 2.24) is 10.6 Å². The first-order chi connectivity index (χ1) is 6.95. The standard InChI is InChI=1S/C12H18N2/c1-2-5-11(6-3-1)9-13-10-12-7-4-8-14-12/h1-3,5-6,12-14H,4,7-10H2/t12-/m0/s1. The third kappa shape index (κ3) is 2.82. The minimum absolute atomic E-state index is 0.693. The van der Waals surface area contributed by atoms with Gasteiger partial charge in [-0.1, -0.05) is 30.3 Å². The minimum Gasteiger partial charge on any atom is -0.313 e. The highest BCUT2D eigenvalue weighted by Crippen LogP contribution is 2.04. The topological polar surface area (TPSA) is 24.1 Å². The van der Waals surface area contributed by atoms with Crippen molar-refractivity contribution in [3.8, 4) is 0 Å². The summed E-state index contributed by atoms with van der Waals surface area (Å²) in [5.41, 5.74) is 1.37. The van der Waals surface area contributed by atoms with Crippen molar-refractivity contribution in [2.45, 2.75) is 25.4 Å². The molecule has 1 aromatic rings. The molecule has 14 heavy (non-hydrogen) atoms. The molecule has 0 amide bonds. The van der Waals surface area contributed by atoms with Crippen LogP contribution >= 0.6 is 0 Å². The normalized spacial score (nSPS) is 21.3. The van der Waals surface area contributed by atoms with Gasteiger partial charge in [0.15, 0.2) is 0 Å². The first-order valence-electron chi connectivity index (χ1n) is 5.43. The SMILES string of the molecule is c1ccc(CNC[C@@H]2CCCN2)cc1. The molecule has 0 bridgehead atoms. The first kappa shape index (κ1) is 9.69. The van der Waals surface area contributed by atoms with E-state index < -0.39 is 0 Å². The second-order valence-corrected chi connectivity index (χ2v) is 3.91. The molecule has 0 aromatic heterocycles. The second-order valence-electron chi connectivity index (χ2n) is 3.91. The van der Waals surface area contributed by atoms with Gasteiger partial charge in [-0.3, -0.25) is 0 Å². The average molecular weight is 190 g/mol. The van der Waals surface area contributed by atoms with E-state index in [1.165, 1.54) is 24.9 Å². The zero-order valence-corrected chi connectivity index (χ0v) is 8.50. The maximum absolute atomic E-state index is 3.48. The predicted molar refractivity (Wildman–Crippen MR) is 59.2 cm³/mol. The van der Waals surface area contributed by atoms with E-state index in [0.717, 1.165) is 13.1 Å². The summed E-state index contributed by atoms with van der Waals surface area (Å²) in [6.07, 6.45) is 2.65. The Morgan fingerprint density at radius 3 is 2.86 bits per heavy atom. The summed E-state index contributed by atoms with van der Waals surface area (Å²) in [6, 6.07) is 11.3. The molecule has 1 saturated heterocycles. The Kier molecular flexibility index (Phi) is 3.55. The third-order valence-corrected chi connectivity index (χ3v) is 2.73. The largest absolute Gasteiger partial charge is 0.313 e. The van der Waals surface area contributed by atoms with Crippen LogP contribution in [0.1, 0.15) is 18.4 Å². The molecule has 2 N–H and O–H groups in total. The summed E-state index contributed by atoms with van der Waals surface area (Å²) in [5, 5.41) is 6.96. The average Bonchev–Trinajstić information content (AvgIpc) is 2.72. The Balaban J connectivity index is 1.67. The molecule has 76 valence electrons. The lowest BCUT2D eigenvalue weighted by molar-refractivity contribution is 0.536. The van der Waals surface area contributed by atoms with E-state index in [2.05, 4.69) is 41.0 Å². The highest BCUT2D eigenvalue weighted by atomic mass is 15.0. The third-order valence-electron chi connectivity index (χ3n) is 2.73. The highest BCUT2D eigenvalue weighted by Gasteiger charge is 2.12. The van der Waals surface area contributed by atoms with Crippen molar-refractivity contribution in [2.75, 3.05) is 13.1 Å². The zero-order valence-electron chi connectivity index (χ0n) is 8.50. The first-order valence-corrected chi connectivity index (χ1v) is 5.43. The molecular weight excluding hydrogens is 172 g/mol. The van der Waals surface area contributed by atoms with Gasteiger partial charge in [0.05, 0.1) is 0 Å². The van der Waals surface area contributed by atoms with Crippen LogP contribution in [-0.4, -0.2) is 19.1 Å². The highest BCUT2D eigenvalue weighted by molar-refractivity contribution is 5.14. The Morgan fingerprint density at radius 2 is 2.14 bits per heavy atom. The van der Waals surface area contributed by atoms with Gasteiger partial charge in [-0.05, 0) is 24.9 Å². The van der Waals surface area contributed by atoms with Crippen molar-refractivity contribution < 1.29 is 0 Å². The zero-order chi connectivity index (χ0) is 9.64. The molecule has 1 aromatic carbocycles. The summed E-state index contributed by atoms with van der Waals surface area (Å²) in [5.74, 6) is 0. The molecule has 1 aliphatic rings. The lowest BCUT2D eigenvalue weighted by Gasteiger charge is -2.11. The number of nitrogens with one attached hydrogen (secondary N) is 2. The number of hydrogen-bond acceptors (Lipinski definition) is 2. The quantitative estimate of drug-likeness (QED) is 0.752. The Labute approximate surface area is 85.7 Å². The molecule has 2 heteroatoms. The molecule has 0 radical (unpaired) electrons. The molecule has 1 heterocycles. The Hall–Kier alpha value is -0.860. The number of benzene rings is 1. The van der Waals surface area contributed by atoms with Gasteiger partial charge in [-0.15, -0.1) is 0 Å². The van der Waals surface area contributed by atoms with Crippen LogP contribution in [0.15, 0.2) is 30.3 Å². The minimum atomic E-state index is 0.693. The Morgan fingerprint density at radius 1 is 1.29 bits per heavy atom. The van der Waals surface area contributed by atoms with E-state index in [9.17, 15) is 0 Å². The van der Waals surface area contributed by atoms with Crippen LogP contribution in [0.2, 0.25) is 0 Å². The van der Waals surface area contributed by atoms with E-state index in [1.807, 2.05) is 0 Å². The predicted octanol–water partition coefficient (Wildman–Crippen LogP) is 1.53. The monoisotopic (exact) mass is 190 g/mol. The fraction of sp³-hybridized carbons (Fsp3) is 0.500. The van der Waals surface area contributed by atoms with Gasteiger partial charge in [-0.2, -0.15) is 0 Å². The van der Waals surface area contributed by atoms with Crippen molar-refractivity contribution in [3.63, 3.8) is 0 Å². The molecule has 1 atom stereocenters. The molecular formula is C12H18N2. The summed E-state index contributed by atoms with van der Waals surface area (Å²) in [4.78, 5) is 0. The maximum atomic E-state index is 3.48. The molecule has 1 aliphatic heterocycles. The van der Waals surface area contributed by atoms with Crippen LogP contribution in [0.25, 0.3) is 0 Å². The molecule has 2 rings (SSSR count). The number of hydrogen-bond donors (Lipinski definition) is 2. The van der Waals surface area contributed by atoms with Gasteiger partial charge in [-0.25, -0.2) is 0 Å². The lowest BCUT2D eigenvalue weighted by atomic mass is 10.2. The van der Waals surface area contributed by atoms with Crippen molar-refractivity contribution in [3.05, 3.63) is 35.9 Å². The number of rotatable bonds is 4. The van der Waals surface area contributed by atoms with Crippen LogP contribution < -0.4 is 10.6 Å². The van der Waals surface area contributed by atoms with E-state index >= 15 is 0 Å². The molecule has 0 saturated carbocycles. The van der Waals surface area contributed by atoms with Gasteiger partial charge < -0.3 is 10.6 Å². The second kappa shape index (κ2) is 5.13. The molecule has 1 fully saturated rings. The van der Waals surface area contributed by atoms with Crippen molar-refractivity contribution in [2.24, 2.45) is 0 Å². The van der Waals surface area contributed by atoms with Crippen LogP contribution in [0.3, 0.4) is 0 Å². The van der Waals surface area contributed by atoms with E-state index in [-0.39, 0.29) is 0 Å². The van der Waals surface area contributed by atoms with Gasteiger partial charge >= 0.3 is 0 Å². The van der Waals surface area contributed by atoms with Gasteiger partial charge in [0, 0.05) is 19.1 Å². The molecule has 0 aliphatic carbocycles. The lowest BCUT2D eigenvalue weighted by Crippen LogP contribution is -2.33. The van der Waals surface area contributed by atoms with Gasteiger partial charge in [0.25, 0.3) is 0 Å². The fourth-order valence-electron chi connectivity index (χ4n) is 1.92. The van der Waals surface area contributed by atoms with Crippen LogP contribution in [0.5, 0.6) is 0 Å². The van der Waals surface area contributed by atoms with E-state index in [1.54, 1.807) is 0 Å². The summed E-state index contributed by atoms with van der Waals surface area (Å²) < 4.78 is 0. The molecule has 0 spiro atoms. The smallest absolute Gasteiger partial charge is 0.0206 e.